The zero-order valence-electron chi connectivity index (χ0n) is 10.4. The van der Waals surface area contributed by atoms with E-state index in [0.717, 1.165) is 19.3 Å². The number of unbranched alkanes of at least 4 members (excludes halogenated alkanes) is 5. The molecule has 0 rings (SSSR count). The highest BCUT2D eigenvalue weighted by Crippen LogP contribution is 2.04. The highest BCUT2D eigenvalue weighted by Gasteiger charge is 1.98. The summed E-state index contributed by atoms with van der Waals surface area (Å²) in [6.45, 7) is 2.21. The number of hydrogen-bond donors (Lipinski definition) is 0. The minimum atomic E-state index is 0.0614. The van der Waals surface area contributed by atoms with Crippen molar-refractivity contribution in [3.63, 3.8) is 0 Å². The number of Topliss-reactive ketones (excluding diaryl/α,β-unsaturated/α-hetero) is 1. The van der Waals surface area contributed by atoms with Crippen LogP contribution in [0, 0.1) is 0 Å². The molecule has 0 radical (unpaired) electrons. The molecule has 0 atom stereocenters. The van der Waals surface area contributed by atoms with Crippen molar-refractivity contribution < 1.29 is 9.59 Å². The first-order chi connectivity index (χ1) is 7.81. The predicted molar refractivity (Wildman–Crippen MR) is 67.4 cm³/mol. The fourth-order valence-electron chi connectivity index (χ4n) is 1.54. The second kappa shape index (κ2) is 12.2. The molecule has 0 aromatic rings. The Labute approximate surface area is 99.1 Å². The van der Waals surface area contributed by atoms with Crippen molar-refractivity contribution >= 4 is 12.1 Å². The lowest BCUT2D eigenvalue weighted by atomic mass is 10.1. The molecule has 2 heteroatoms. The van der Waals surface area contributed by atoms with Crippen LogP contribution < -0.4 is 0 Å². The summed E-state index contributed by atoms with van der Waals surface area (Å²) < 4.78 is 0. The van der Waals surface area contributed by atoms with Gasteiger partial charge in [-0.25, -0.2) is 0 Å². The summed E-state index contributed by atoms with van der Waals surface area (Å²) in [5.41, 5.74) is 0. The molecule has 0 amide bonds. The van der Waals surface area contributed by atoms with Crippen LogP contribution in [0.15, 0.2) is 12.2 Å². The van der Waals surface area contributed by atoms with E-state index in [0.29, 0.717) is 12.7 Å². The molecule has 0 aromatic heterocycles. The highest BCUT2D eigenvalue weighted by molar-refractivity contribution is 5.89. The van der Waals surface area contributed by atoms with Gasteiger partial charge in [0, 0.05) is 6.42 Å². The summed E-state index contributed by atoms with van der Waals surface area (Å²) in [6, 6.07) is 0. The minimum Gasteiger partial charge on any atom is -0.303 e. The van der Waals surface area contributed by atoms with Gasteiger partial charge in [0.2, 0.25) is 0 Å². The molecular formula is C14H24O2. The van der Waals surface area contributed by atoms with Crippen LogP contribution in [0.1, 0.15) is 64.7 Å². The van der Waals surface area contributed by atoms with Crippen LogP contribution in [0.25, 0.3) is 0 Å². The van der Waals surface area contributed by atoms with Gasteiger partial charge in [0.25, 0.3) is 0 Å². The Kier molecular flexibility index (Phi) is 11.5. The highest BCUT2D eigenvalue weighted by atomic mass is 16.1. The molecule has 0 N–H and O–H groups in total. The Morgan fingerprint density at radius 1 is 1.00 bits per heavy atom. The lowest BCUT2D eigenvalue weighted by Gasteiger charge is -1.95. The van der Waals surface area contributed by atoms with Crippen LogP contribution in [0.4, 0.5) is 0 Å². The van der Waals surface area contributed by atoms with Crippen molar-refractivity contribution in [2.75, 3.05) is 0 Å². The van der Waals surface area contributed by atoms with Crippen LogP contribution in [0.5, 0.6) is 0 Å². The first-order valence-electron chi connectivity index (χ1n) is 6.41. The van der Waals surface area contributed by atoms with Crippen LogP contribution in [0.3, 0.4) is 0 Å². The lowest BCUT2D eigenvalue weighted by molar-refractivity contribution is -0.122. The van der Waals surface area contributed by atoms with Gasteiger partial charge in [0.05, 0.1) is 6.42 Å². The van der Waals surface area contributed by atoms with Gasteiger partial charge in [-0.1, -0.05) is 38.3 Å². The quantitative estimate of drug-likeness (QED) is 0.231. The molecule has 92 valence electrons. The summed E-state index contributed by atoms with van der Waals surface area (Å²) in [5, 5.41) is 0. The number of rotatable bonds is 11. The molecule has 0 saturated heterocycles. The zero-order chi connectivity index (χ0) is 12.1. The molecular weight excluding hydrogens is 200 g/mol. The minimum absolute atomic E-state index is 0.0614. The smallest absolute Gasteiger partial charge is 0.139 e. The first kappa shape index (κ1) is 15.1. The molecule has 0 aliphatic heterocycles. The van der Waals surface area contributed by atoms with E-state index in [-0.39, 0.29) is 12.2 Å². The fourth-order valence-corrected chi connectivity index (χ4v) is 1.54. The van der Waals surface area contributed by atoms with E-state index in [4.69, 9.17) is 0 Å². The van der Waals surface area contributed by atoms with E-state index in [9.17, 15) is 9.59 Å². The Morgan fingerprint density at radius 3 is 2.31 bits per heavy atom. The van der Waals surface area contributed by atoms with Crippen LogP contribution in [0.2, 0.25) is 0 Å². The summed E-state index contributed by atoms with van der Waals surface area (Å²) >= 11 is 0. The summed E-state index contributed by atoms with van der Waals surface area (Å²) in [5.74, 6) is 0.0614. The first-order valence-corrected chi connectivity index (χ1v) is 6.41. The lowest BCUT2D eigenvalue weighted by Crippen LogP contribution is -1.97. The van der Waals surface area contributed by atoms with E-state index in [1.54, 1.807) is 0 Å². The molecule has 2 nitrogen and oxygen atoms in total. The van der Waals surface area contributed by atoms with Crippen molar-refractivity contribution in [1.82, 2.24) is 0 Å². The Balaban J connectivity index is 3.21. The Hall–Kier alpha value is -0.920. The molecule has 0 aromatic carbocycles. The maximum atomic E-state index is 11.0. The second-order valence-electron chi connectivity index (χ2n) is 4.12. The Bertz CT molecular complexity index is 207. The van der Waals surface area contributed by atoms with Crippen molar-refractivity contribution in [3.8, 4) is 0 Å². The van der Waals surface area contributed by atoms with Gasteiger partial charge in [-0.2, -0.15) is 0 Å². The van der Waals surface area contributed by atoms with Crippen LogP contribution in [-0.2, 0) is 9.59 Å². The van der Waals surface area contributed by atoms with Gasteiger partial charge < -0.3 is 4.79 Å². The number of carbonyl (C=O) groups is 2. The average Bonchev–Trinajstić information content (AvgIpc) is 2.27. The third kappa shape index (κ3) is 11.2. The number of aldehydes is 1. The van der Waals surface area contributed by atoms with E-state index < -0.39 is 0 Å². The third-order valence-electron chi connectivity index (χ3n) is 2.53. The third-order valence-corrected chi connectivity index (χ3v) is 2.53. The van der Waals surface area contributed by atoms with Gasteiger partial charge in [0.1, 0.15) is 12.1 Å². The maximum absolute atomic E-state index is 11.0. The van der Waals surface area contributed by atoms with Gasteiger partial charge in [-0.15, -0.1) is 0 Å². The van der Waals surface area contributed by atoms with Crippen LogP contribution in [-0.4, -0.2) is 12.1 Å². The van der Waals surface area contributed by atoms with Gasteiger partial charge in [-0.3, -0.25) is 4.79 Å². The molecule has 0 aliphatic rings. The fraction of sp³-hybridized carbons (Fsp3) is 0.714. The van der Waals surface area contributed by atoms with E-state index >= 15 is 0 Å². The van der Waals surface area contributed by atoms with Gasteiger partial charge in [0.15, 0.2) is 0 Å². The maximum Gasteiger partial charge on any atom is 0.139 e. The zero-order valence-corrected chi connectivity index (χ0v) is 10.4. The molecule has 0 unspecified atom stereocenters. The SMILES string of the molecule is CCCCCC/C=C/CCCC(=O)CC=O. The molecule has 0 bridgehead atoms. The summed E-state index contributed by atoms with van der Waals surface area (Å²) in [4.78, 5) is 21.0. The van der Waals surface area contributed by atoms with Gasteiger partial charge >= 0.3 is 0 Å². The monoisotopic (exact) mass is 224 g/mol. The summed E-state index contributed by atoms with van der Waals surface area (Å²) in [7, 11) is 0. The second-order valence-corrected chi connectivity index (χ2v) is 4.12. The number of carbonyl (C=O) groups excluding carboxylic acids is 2. The van der Waals surface area contributed by atoms with Crippen molar-refractivity contribution in [1.29, 1.82) is 0 Å². The Morgan fingerprint density at radius 2 is 1.69 bits per heavy atom. The normalized spacial score (nSPS) is 10.8. The molecule has 0 spiro atoms. The predicted octanol–water partition coefficient (Wildman–Crippen LogP) is 3.84. The molecule has 0 heterocycles. The van der Waals surface area contributed by atoms with Crippen molar-refractivity contribution in [3.05, 3.63) is 12.2 Å². The number of allylic oxidation sites excluding steroid dienone is 2. The molecule has 0 aliphatic carbocycles. The largest absolute Gasteiger partial charge is 0.303 e. The standard InChI is InChI=1S/C14H24O2/c1-2-3-4-5-6-7-8-9-10-11-14(16)12-13-15/h7-8,13H,2-6,9-12H2,1H3/b8-7+. The molecule has 0 fully saturated rings. The summed E-state index contributed by atoms with van der Waals surface area (Å²) in [6.07, 6.45) is 13.9. The van der Waals surface area contributed by atoms with Crippen molar-refractivity contribution in [2.45, 2.75) is 64.7 Å². The van der Waals surface area contributed by atoms with Crippen LogP contribution >= 0.6 is 0 Å². The van der Waals surface area contributed by atoms with Gasteiger partial charge in [-0.05, 0) is 25.7 Å². The van der Waals surface area contributed by atoms with Crippen molar-refractivity contribution in [2.24, 2.45) is 0 Å². The average molecular weight is 224 g/mol. The molecule has 16 heavy (non-hydrogen) atoms. The van der Waals surface area contributed by atoms with E-state index in [2.05, 4.69) is 19.1 Å². The number of ketones is 1. The van der Waals surface area contributed by atoms with E-state index in [1.807, 2.05) is 0 Å². The molecule has 0 saturated carbocycles. The van der Waals surface area contributed by atoms with E-state index in [1.165, 1.54) is 25.7 Å². The topological polar surface area (TPSA) is 34.1 Å². The number of hydrogen-bond acceptors (Lipinski definition) is 2.